The Bertz CT molecular complexity index is 3180. The first-order chi connectivity index (χ1) is 27.8. The van der Waals surface area contributed by atoms with Crippen molar-refractivity contribution in [2.75, 3.05) is 0 Å². The lowest BCUT2D eigenvalue weighted by molar-refractivity contribution is 1.07. The zero-order valence-corrected chi connectivity index (χ0v) is 31.0. The average molecular weight is 733 g/mol. The SMILES string of the molecule is c1ccc(-c2nc(-c3ccccc3)nc(-c3cccc(-n4c5ccccc5c5ccc(-c6cccc7c6sc6c(-c8ccccc8)cccc67)cc54)c3)n2)cc1. The Morgan fingerprint density at radius 2 is 0.804 bits per heavy atom. The van der Waals surface area contributed by atoms with Crippen molar-refractivity contribution in [3.63, 3.8) is 0 Å². The second-order valence-corrected chi connectivity index (χ2v) is 15.0. The van der Waals surface area contributed by atoms with Crippen LogP contribution in [0.25, 0.3) is 104 Å². The fourth-order valence-corrected chi connectivity index (χ4v) is 9.40. The quantitative estimate of drug-likeness (QED) is 0.171. The first-order valence-electron chi connectivity index (χ1n) is 18.8. The highest BCUT2D eigenvalue weighted by atomic mass is 32.1. The molecule has 5 heteroatoms. The van der Waals surface area contributed by atoms with Crippen molar-refractivity contribution >= 4 is 53.3 Å². The molecule has 0 saturated heterocycles. The highest BCUT2D eigenvalue weighted by molar-refractivity contribution is 7.26. The van der Waals surface area contributed by atoms with Crippen LogP contribution in [-0.4, -0.2) is 19.5 Å². The molecule has 0 spiro atoms. The molecule has 0 unspecified atom stereocenters. The summed E-state index contributed by atoms with van der Waals surface area (Å²) in [4.78, 5) is 15.0. The van der Waals surface area contributed by atoms with E-state index >= 15 is 0 Å². The van der Waals surface area contributed by atoms with Crippen LogP contribution < -0.4 is 0 Å². The molecule has 8 aromatic carbocycles. The number of fused-ring (bicyclic) bond motifs is 6. The molecule has 3 aromatic heterocycles. The van der Waals surface area contributed by atoms with Crippen LogP contribution in [-0.2, 0) is 0 Å². The fraction of sp³-hybridized carbons (Fsp3) is 0. The Balaban J connectivity index is 1.09. The zero-order valence-electron chi connectivity index (χ0n) is 30.2. The molecule has 0 aliphatic carbocycles. The summed E-state index contributed by atoms with van der Waals surface area (Å²) in [6.07, 6.45) is 0. The van der Waals surface area contributed by atoms with E-state index in [4.69, 9.17) is 15.0 Å². The molecule has 0 saturated carbocycles. The molecule has 0 amide bonds. The summed E-state index contributed by atoms with van der Waals surface area (Å²) in [6.45, 7) is 0. The summed E-state index contributed by atoms with van der Waals surface area (Å²) < 4.78 is 5.00. The van der Waals surface area contributed by atoms with E-state index in [1.54, 1.807) is 0 Å². The molecule has 11 rings (SSSR count). The van der Waals surface area contributed by atoms with Crippen molar-refractivity contribution in [3.05, 3.63) is 194 Å². The van der Waals surface area contributed by atoms with Gasteiger partial charge in [-0.2, -0.15) is 0 Å². The van der Waals surface area contributed by atoms with Gasteiger partial charge < -0.3 is 4.57 Å². The van der Waals surface area contributed by atoms with Gasteiger partial charge in [-0.25, -0.2) is 15.0 Å². The van der Waals surface area contributed by atoms with E-state index < -0.39 is 0 Å². The van der Waals surface area contributed by atoms with Crippen LogP contribution in [0, 0.1) is 0 Å². The topological polar surface area (TPSA) is 43.6 Å². The first-order valence-corrected chi connectivity index (χ1v) is 19.6. The van der Waals surface area contributed by atoms with E-state index in [-0.39, 0.29) is 0 Å². The summed E-state index contributed by atoms with van der Waals surface area (Å²) in [7, 11) is 0. The molecule has 11 aromatic rings. The van der Waals surface area contributed by atoms with Crippen LogP contribution in [0.4, 0.5) is 0 Å². The summed E-state index contributed by atoms with van der Waals surface area (Å²) in [6, 6.07) is 68.6. The maximum Gasteiger partial charge on any atom is 0.164 e. The molecule has 0 bridgehead atoms. The number of para-hydroxylation sites is 1. The van der Waals surface area contributed by atoms with Crippen molar-refractivity contribution in [2.45, 2.75) is 0 Å². The second-order valence-electron chi connectivity index (χ2n) is 14.0. The van der Waals surface area contributed by atoms with Crippen molar-refractivity contribution < 1.29 is 0 Å². The number of hydrogen-bond acceptors (Lipinski definition) is 4. The van der Waals surface area contributed by atoms with Gasteiger partial charge in [0.2, 0.25) is 0 Å². The molecule has 0 aliphatic rings. The molecule has 0 radical (unpaired) electrons. The molecule has 4 nitrogen and oxygen atoms in total. The third-order valence-corrected chi connectivity index (χ3v) is 11.9. The van der Waals surface area contributed by atoms with Crippen molar-refractivity contribution in [3.8, 4) is 62.1 Å². The minimum Gasteiger partial charge on any atom is -0.309 e. The van der Waals surface area contributed by atoms with E-state index in [0.717, 1.165) is 33.4 Å². The first kappa shape index (κ1) is 32.2. The van der Waals surface area contributed by atoms with Crippen molar-refractivity contribution in [1.82, 2.24) is 19.5 Å². The predicted octanol–water partition coefficient (Wildman–Crippen LogP) is 13.7. The fourth-order valence-electron chi connectivity index (χ4n) is 8.03. The van der Waals surface area contributed by atoms with Crippen molar-refractivity contribution in [1.29, 1.82) is 0 Å². The van der Waals surface area contributed by atoms with E-state index in [2.05, 4.69) is 138 Å². The van der Waals surface area contributed by atoms with Gasteiger partial charge in [0.1, 0.15) is 0 Å². The third kappa shape index (κ3) is 5.40. The summed E-state index contributed by atoms with van der Waals surface area (Å²) in [5.74, 6) is 1.92. The lowest BCUT2D eigenvalue weighted by Gasteiger charge is -2.12. The molecule has 3 heterocycles. The molecule has 0 fully saturated rings. The zero-order chi connectivity index (χ0) is 37.0. The highest BCUT2D eigenvalue weighted by Crippen LogP contribution is 2.45. The summed E-state index contributed by atoms with van der Waals surface area (Å²) in [5.41, 5.74) is 11.1. The van der Waals surface area contributed by atoms with E-state index in [0.29, 0.717) is 17.5 Å². The lowest BCUT2D eigenvalue weighted by atomic mass is 9.99. The minimum absolute atomic E-state index is 0.632. The highest BCUT2D eigenvalue weighted by Gasteiger charge is 2.18. The van der Waals surface area contributed by atoms with E-state index in [1.165, 1.54) is 53.2 Å². The molecule has 0 atom stereocenters. The number of thiophene rings is 1. The largest absolute Gasteiger partial charge is 0.309 e. The lowest BCUT2D eigenvalue weighted by Crippen LogP contribution is -2.01. The molecule has 0 aliphatic heterocycles. The van der Waals surface area contributed by atoms with Gasteiger partial charge in [-0.1, -0.05) is 170 Å². The van der Waals surface area contributed by atoms with Gasteiger partial charge in [-0.05, 0) is 46.5 Å². The monoisotopic (exact) mass is 732 g/mol. The maximum atomic E-state index is 5.04. The van der Waals surface area contributed by atoms with Crippen LogP contribution in [0.2, 0.25) is 0 Å². The average Bonchev–Trinajstić information content (AvgIpc) is 3.83. The Kier molecular flexibility index (Phi) is 7.64. The van der Waals surface area contributed by atoms with Gasteiger partial charge in [-0.15, -0.1) is 11.3 Å². The number of benzene rings is 8. The minimum atomic E-state index is 0.632. The molecular formula is C51H32N4S. The van der Waals surface area contributed by atoms with Crippen molar-refractivity contribution in [2.24, 2.45) is 0 Å². The molecular weight excluding hydrogens is 701 g/mol. The third-order valence-electron chi connectivity index (χ3n) is 10.7. The van der Waals surface area contributed by atoms with Crippen LogP contribution in [0.3, 0.4) is 0 Å². The van der Waals surface area contributed by atoms with E-state index in [1.807, 2.05) is 72.0 Å². The van der Waals surface area contributed by atoms with Crippen LogP contribution in [0.15, 0.2) is 194 Å². The molecule has 56 heavy (non-hydrogen) atoms. The van der Waals surface area contributed by atoms with Gasteiger partial charge in [0.15, 0.2) is 17.5 Å². The van der Waals surface area contributed by atoms with Gasteiger partial charge >= 0.3 is 0 Å². The Morgan fingerprint density at radius 1 is 0.321 bits per heavy atom. The smallest absolute Gasteiger partial charge is 0.164 e. The molecule has 0 N–H and O–H groups in total. The van der Waals surface area contributed by atoms with E-state index in [9.17, 15) is 0 Å². The Hall–Kier alpha value is -7.21. The van der Waals surface area contributed by atoms with Gasteiger partial charge in [-0.3, -0.25) is 0 Å². The van der Waals surface area contributed by atoms with Gasteiger partial charge in [0, 0.05) is 53.3 Å². The maximum absolute atomic E-state index is 5.04. The Labute approximate surface area is 327 Å². The molecule has 262 valence electrons. The summed E-state index contributed by atoms with van der Waals surface area (Å²) >= 11 is 1.89. The van der Waals surface area contributed by atoms with Gasteiger partial charge in [0.05, 0.1) is 11.0 Å². The second kappa shape index (κ2) is 13.3. The number of nitrogens with zero attached hydrogens (tertiary/aromatic N) is 4. The predicted molar refractivity (Wildman–Crippen MR) is 234 cm³/mol. The van der Waals surface area contributed by atoms with Crippen LogP contribution >= 0.6 is 11.3 Å². The standard InChI is InChI=1S/C51H32N4S/c1-4-15-33(16-5-1)39-24-13-26-43-44-27-14-25-40(48(44)56-47(39)43)36-29-30-42-41-23-10-11-28-45(41)55(46(42)32-36)38-22-12-21-37(31-38)51-53-49(34-17-6-2-7-18-34)52-50(54-51)35-19-8-3-9-20-35/h1-32H. The van der Waals surface area contributed by atoms with Gasteiger partial charge in [0.25, 0.3) is 0 Å². The Morgan fingerprint density at radius 3 is 1.45 bits per heavy atom. The normalized spacial score (nSPS) is 11.6. The van der Waals surface area contributed by atoms with Crippen LogP contribution in [0.1, 0.15) is 0 Å². The summed E-state index contributed by atoms with van der Waals surface area (Å²) in [5, 5.41) is 5.01. The number of hydrogen-bond donors (Lipinski definition) is 0. The van der Waals surface area contributed by atoms with Crippen LogP contribution in [0.5, 0.6) is 0 Å². The number of rotatable bonds is 6. The number of aromatic nitrogens is 4.